The van der Waals surface area contributed by atoms with Gasteiger partial charge in [-0.3, -0.25) is 9.78 Å². The van der Waals surface area contributed by atoms with E-state index in [-0.39, 0.29) is 33.5 Å². The van der Waals surface area contributed by atoms with Crippen molar-refractivity contribution in [2.45, 2.75) is 83.6 Å². The first-order valence-corrected chi connectivity index (χ1v) is 15.2. The first-order chi connectivity index (χ1) is 19.7. The summed E-state index contributed by atoms with van der Waals surface area (Å²) in [7, 11) is -3.44. The Hall–Kier alpha value is -3.65. The zero-order valence-electron chi connectivity index (χ0n) is 25.4. The third-order valence-corrected chi connectivity index (χ3v) is 8.09. The topological polar surface area (TPSA) is 135 Å². The number of benzene rings is 1. The molecule has 0 aliphatic rings. The minimum absolute atomic E-state index is 0.0788. The fraction of sp³-hybridized carbons (Fsp3) is 0.483. The molecule has 0 aliphatic carbocycles. The average molecular weight is 626 g/mol. The molecule has 3 aromatic rings. The summed E-state index contributed by atoms with van der Waals surface area (Å²) >= 11 is 0. The Morgan fingerprint density at radius 3 is 2.16 bits per heavy atom. The van der Waals surface area contributed by atoms with E-state index in [1.165, 1.54) is 42.8 Å². The minimum Gasteiger partial charge on any atom is -0.437 e. The van der Waals surface area contributed by atoms with Gasteiger partial charge in [-0.2, -0.15) is 18.3 Å². The summed E-state index contributed by atoms with van der Waals surface area (Å²) in [6.07, 6.45) is -2.76. The average Bonchev–Trinajstić information content (AvgIpc) is 3.22. The number of aliphatic hydroxyl groups excluding tert-OH is 1. The van der Waals surface area contributed by atoms with E-state index in [1.54, 1.807) is 41.5 Å². The van der Waals surface area contributed by atoms with Crippen molar-refractivity contribution in [3.63, 3.8) is 0 Å². The molecule has 0 saturated heterocycles. The maximum atomic E-state index is 14.3. The molecule has 3 rings (SSSR count). The number of carbonyl (C=O) groups is 1. The molecular weight excluding hydrogens is 587 g/mol. The Morgan fingerprint density at radius 1 is 1.07 bits per heavy atom. The summed E-state index contributed by atoms with van der Waals surface area (Å²) in [6, 6.07) is 4.84. The van der Waals surface area contributed by atoms with Gasteiger partial charge < -0.3 is 20.5 Å². The second kappa shape index (κ2) is 12.2. The molecule has 0 saturated carbocycles. The number of hydrogen-bond acceptors (Lipinski definition) is 8. The van der Waals surface area contributed by atoms with Crippen LogP contribution in [0.1, 0.15) is 81.7 Å². The molecule has 0 fully saturated rings. The van der Waals surface area contributed by atoms with Gasteiger partial charge in [0.05, 0.1) is 46.9 Å². The molecule has 14 heteroatoms. The van der Waals surface area contributed by atoms with Gasteiger partial charge in [0.15, 0.2) is 21.3 Å². The van der Waals surface area contributed by atoms with E-state index >= 15 is 0 Å². The van der Waals surface area contributed by atoms with E-state index < -0.39 is 57.0 Å². The third-order valence-electron chi connectivity index (χ3n) is 6.34. The summed E-state index contributed by atoms with van der Waals surface area (Å²) in [4.78, 5) is 17.5. The van der Waals surface area contributed by atoms with Gasteiger partial charge in [0.2, 0.25) is 5.88 Å². The highest BCUT2D eigenvalue weighted by Crippen LogP contribution is 2.44. The maximum absolute atomic E-state index is 14.3. The van der Waals surface area contributed by atoms with Crippen LogP contribution in [0.3, 0.4) is 0 Å². The van der Waals surface area contributed by atoms with Crippen LogP contribution < -0.4 is 15.4 Å². The number of aromatic nitrogens is 3. The van der Waals surface area contributed by atoms with Crippen LogP contribution in [0.15, 0.2) is 41.6 Å². The number of amides is 1. The van der Waals surface area contributed by atoms with Crippen LogP contribution >= 0.6 is 0 Å². The molecule has 0 spiro atoms. The molecule has 236 valence electrons. The Morgan fingerprint density at radius 2 is 1.67 bits per heavy atom. The highest BCUT2D eigenvalue weighted by atomic mass is 32.2. The predicted molar refractivity (Wildman–Crippen MR) is 156 cm³/mol. The largest absolute Gasteiger partial charge is 0.437 e. The first-order valence-electron chi connectivity index (χ1n) is 13.6. The van der Waals surface area contributed by atoms with E-state index in [4.69, 9.17) is 4.74 Å². The molecule has 0 aliphatic heterocycles. The number of carbonyl (C=O) groups excluding carboxylic acids is 1. The van der Waals surface area contributed by atoms with Crippen molar-refractivity contribution in [3.05, 3.63) is 59.0 Å². The molecule has 2 heterocycles. The van der Waals surface area contributed by atoms with Gasteiger partial charge in [-0.1, -0.05) is 19.1 Å². The van der Waals surface area contributed by atoms with Gasteiger partial charge in [-0.25, -0.2) is 13.1 Å². The van der Waals surface area contributed by atoms with E-state index in [2.05, 4.69) is 20.7 Å². The van der Waals surface area contributed by atoms with Crippen LogP contribution in [0.4, 0.5) is 18.9 Å². The van der Waals surface area contributed by atoms with Crippen LogP contribution in [0.5, 0.6) is 11.6 Å². The zero-order chi connectivity index (χ0) is 32.5. The number of alkyl halides is 3. The SMILES string of the molecule is CCS(=O)(=O)c1ccc(C(CO)NC(=O)c2nn(C(C)(C)C)c(Oc3cncc(NC(C)(C)C)c3C(F)(F)F)c2C)cc1. The lowest BCUT2D eigenvalue weighted by Crippen LogP contribution is -2.32. The van der Waals surface area contributed by atoms with Crippen molar-refractivity contribution in [2.75, 3.05) is 17.7 Å². The van der Waals surface area contributed by atoms with Crippen molar-refractivity contribution in [3.8, 4) is 11.6 Å². The Labute approximate surface area is 249 Å². The molecule has 1 unspecified atom stereocenters. The normalized spacial score (nSPS) is 13.5. The molecule has 10 nitrogen and oxygen atoms in total. The lowest BCUT2D eigenvalue weighted by molar-refractivity contribution is -0.138. The lowest BCUT2D eigenvalue weighted by atomic mass is 10.1. The van der Waals surface area contributed by atoms with Crippen molar-refractivity contribution in [1.82, 2.24) is 20.1 Å². The van der Waals surface area contributed by atoms with E-state index in [9.17, 15) is 31.5 Å². The number of anilines is 1. The standard InChI is InChI=1S/C29H38F3N5O5S/c1-9-43(40,41)19-12-10-18(11-13-19)21(16-38)34-25(39)24-17(2)26(37(36-24)28(6,7)8)42-22-15-33-14-20(35-27(3,4)5)23(22)29(30,31)32/h10-15,21,35,38H,9,16H2,1-8H3,(H,34,39). The molecule has 1 atom stereocenters. The summed E-state index contributed by atoms with van der Waals surface area (Å²) in [5.74, 6) is -1.46. The molecule has 2 aromatic heterocycles. The summed E-state index contributed by atoms with van der Waals surface area (Å²) in [5.41, 5.74) is -2.36. The van der Waals surface area contributed by atoms with Gasteiger partial charge >= 0.3 is 6.18 Å². The van der Waals surface area contributed by atoms with Gasteiger partial charge in [-0.15, -0.1) is 0 Å². The zero-order valence-corrected chi connectivity index (χ0v) is 26.2. The number of nitrogens with zero attached hydrogens (tertiary/aromatic N) is 3. The van der Waals surface area contributed by atoms with Crippen molar-refractivity contribution in [2.24, 2.45) is 0 Å². The number of rotatable bonds is 9. The fourth-order valence-electron chi connectivity index (χ4n) is 4.22. The van der Waals surface area contributed by atoms with E-state index in [0.717, 1.165) is 12.4 Å². The van der Waals surface area contributed by atoms with Gasteiger partial charge in [-0.05, 0) is 66.2 Å². The number of aliphatic hydroxyl groups is 1. The van der Waals surface area contributed by atoms with Crippen LogP contribution in [-0.4, -0.2) is 52.1 Å². The Balaban J connectivity index is 2.03. The highest BCUT2D eigenvalue weighted by Gasteiger charge is 2.40. The molecule has 0 bridgehead atoms. The molecule has 1 amide bonds. The second-order valence-electron chi connectivity index (χ2n) is 12.1. The maximum Gasteiger partial charge on any atom is 0.422 e. The first kappa shape index (κ1) is 33.8. The molecule has 0 radical (unpaired) electrons. The van der Waals surface area contributed by atoms with Crippen molar-refractivity contribution < 1.29 is 36.2 Å². The highest BCUT2D eigenvalue weighted by molar-refractivity contribution is 7.91. The van der Waals surface area contributed by atoms with E-state index in [0.29, 0.717) is 5.56 Å². The van der Waals surface area contributed by atoms with Crippen LogP contribution in [0.25, 0.3) is 0 Å². The number of nitrogens with one attached hydrogen (secondary N) is 2. The quantitative estimate of drug-likeness (QED) is 0.279. The monoisotopic (exact) mass is 625 g/mol. The molecule has 3 N–H and O–H groups in total. The van der Waals surface area contributed by atoms with Crippen molar-refractivity contribution in [1.29, 1.82) is 0 Å². The Kier molecular flexibility index (Phi) is 9.57. The van der Waals surface area contributed by atoms with Gasteiger partial charge in [0, 0.05) is 11.1 Å². The van der Waals surface area contributed by atoms with Crippen LogP contribution in [0.2, 0.25) is 0 Å². The number of ether oxygens (including phenoxy) is 1. The summed E-state index contributed by atoms with van der Waals surface area (Å²) in [6.45, 7) is 12.9. The molecule has 43 heavy (non-hydrogen) atoms. The number of pyridine rings is 1. The van der Waals surface area contributed by atoms with Gasteiger partial charge in [0.1, 0.15) is 5.56 Å². The summed E-state index contributed by atoms with van der Waals surface area (Å²) < 4.78 is 74.4. The fourth-order valence-corrected chi connectivity index (χ4v) is 5.10. The minimum atomic E-state index is -4.80. The van der Waals surface area contributed by atoms with Crippen LogP contribution in [0, 0.1) is 6.92 Å². The van der Waals surface area contributed by atoms with Gasteiger partial charge in [0.25, 0.3) is 5.91 Å². The number of sulfone groups is 1. The predicted octanol–water partition coefficient (Wildman–Crippen LogP) is 5.62. The molecule has 1 aromatic carbocycles. The molecular formula is C29H38F3N5O5S. The van der Waals surface area contributed by atoms with Crippen LogP contribution in [-0.2, 0) is 21.6 Å². The van der Waals surface area contributed by atoms with Crippen molar-refractivity contribution >= 4 is 21.4 Å². The lowest BCUT2D eigenvalue weighted by Gasteiger charge is -2.26. The second-order valence-corrected chi connectivity index (χ2v) is 14.4. The number of hydrogen-bond donors (Lipinski definition) is 3. The number of halogens is 3. The third kappa shape index (κ3) is 7.85. The Bertz CT molecular complexity index is 1570. The smallest absolute Gasteiger partial charge is 0.422 e. The summed E-state index contributed by atoms with van der Waals surface area (Å²) in [5, 5.41) is 19.9. The van der Waals surface area contributed by atoms with E-state index in [1.807, 2.05) is 0 Å².